The lowest BCUT2D eigenvalue weighted by Crippen LogP contribution is -2.12. The van der Waals surface area contributed by atoms with Crippen molar-refractivity contribution >= 4 is 34.1 Å². The van der Waals surface area contributed by atoms with Crippen LogP contribution in [0, 0.1) is 13.8 Å². The number of thiazole rings is 1. The minimum absolute atomic E-state index is 0.134. The number of thioether (sulfide) groups is 1. The first-order valence-corrected chi connectivity index (χ1v) is 11.1. The van der Waals surface area contributed by atoms with Crippen molar-refractivity contribution in [3.05, 3.63) is 69.7 Å². The zero-order valence-electron chi connectivity index (χ0n) is 16.9. The summed E-state index contributed by atoms with van der Waals surface area (Å²) in [7, 11) is 3.30. The van der Waals surface area contributed by atoms with E-state index < -0.39 is 0 Å². The van der Waals surface area contributed by atoms with Crippen LogP contribution in [0.15, 0.2) is 41.8 Å². The van der Waals surface area contributed by atoms with Crippen molar-refractivity contribution in [2.45, 2.75) is 25.4 Å². The third-order valence-electron chi connectivity index (χ3n) is 4.47. The van der Waals surface area contributed by atoms with Crippen molar-refractivity contribution in [1.29, 1.82) is 0 Å². The minimum Gasteiger partial charge on any atom is -0.497 e. The van der Waals surface area contributed by atoms with Crippen LogP contribution >= 0.6 is 23.1 Å². The Kier molecular flexibility index (Phi) is 7.17. The maximum atomic E-state index is 12.4. The summed E-state index contributed by atoms with van der Waals surface area (Å²) in [6, 6.07) is 11.6. The quantitative estimate of drug-likeness (QED) is 0.516. The Labute approximate surface area is 179 Å². The van der Waals surface area contributed by atoms with Crippen molar-refractivity contribution in [3.63, 3.8) is 0 Å². The molecule has 0 spiro atoms. The van der Waals surface area contributed by atoms with Gasteiger partial charge in [0.1, 0.15) is 11.5 Å². The molecule has 0 saturated carbocycles. The Bertz CT molecular complexity index is 979. The number of nitrogens with one attached hydrogen (secondary N) is 1. The van der Waals surface area contributed by atoms with Gasteiger partial charge >= 0.3 is 0 Å². The molecule has 0 radical (unpaired) electrons. The molecule has 0 aliphatic heterocycles. The van der Waals surface area contributed by atoms with Gasteiger partial charge in [-0.2, -0.15) is 11.8 Å². The van der Waals surface area contributed by atoms with E-state index in [1.165, 1.54) is 16.9 Å². The molecule has 0 aliphatic rings. The zero-order chi connectivity index (χ0) is 20.8. The van der Waals surface area contributed by atoms with Gasteiger partial charge in [0.05, 0.1) is 19.9 Å². The van der Waals surface area contributed by atoms with Gasteiger partial charge in [0, 0.05) is 28.5 Å². The van der Waals surface area contributed by atoms with Crippen LogP contribution in [0.5, 0.6) is 11.5 Å². The maximum absolute atomic E-state index is 12.4. The fourth-order valence-corrected chi connectivity index (χ4v) is 4.38. The second kappa shape index (κ2) is 9.80. The molecular weight excluding hydrogens is 404 g/mol. The maximum Gasteiger partial charge on any atom is 0.257 e. The highest BCUT2D eigenvalue weighted by atomic mass is 32.2. The van der Waals surface area contributed by atoms with Gasteiger partial charge in [-0.25, -0.2) is 4.98 Å². The van der Waals surface area contributed by atoms with E-state index in [-0.39, 0.29) is 5.91 Å². The number of carbonyl (C=O) groups is 1. The van der Waals surface area contributed by atoms with Crippen molar-refractivity contribution < 1.29 is 14.3 Å². The Balaban J connectivity index is 1.55. The number of aryl methyl sites for hydroxylation is 2. The van der Waals surface area contributed by atoms with E-state index in [2.05, 4.69) is 10.3 Å². The molecule has 1 amide bonds. The van der Waals surface area contributed by atoms with Crippen LogP contribution in [0.25, 0.3) is 0 Å². The molecule has 1 heterocycles. The standard InChI is InChI=1S/C22H24N2O3S2/c1-14-5-6-17(7-15(14)2)21(25)24-22-23-18(13-29-22)12-28-11-16-8-19(26-3)10-20(9-16)27-4/h5-10,13H,11-12H2,1-4H3,(H,23,24,25). The Morgan fingerprint density at radius 1 is 1.03 bits per heavy atom. The van der Waals surface area contributed by atoms with Crippen LogP contribution < -0.4 is 14.8 Å². The molecule has 1 aromatic heterocycles. The van der Waals surface area contributed by atoms with Gasteiger partial charge in [-0.15, -0.1) is 11.3 Å². The lowest BCUT2D eigenvalue weighted by atomic mass is 10.1. The number of nitrogens with zero attached hydrogens (tertiary/aromatic N) is 1. The van der Waals surface area contributed by atoms with Gasteiger partial charge in [0.2, 0.25) is 0 Å². The normalized spacial score (nSPS) is 10.6. The SMILES string of the molecule is COc1cc(CSCc2csc(NC(=O)c3ccc(C)c(C)c3)n2)cc(OC)c1. The first-order valence-electron chi connectivity index (χ1n) is 9.11. The average molecular weight is 429 g/mol. The monoisotopic (exact) mass is 428 g/mol. The highest BCUT2D eigenvalue weighted by Crippen LogP contribution is 2.27. The van der Waals surface area contributed by atoms with E-state index in [4.69, 9.17) is 9.47 Å². The summed E-state index contributed by atoms with van der Waals surface area (Å²) in [5, 5.41) is 5.49. The molecule has 29 heavy (non-hydrogen) atoms. The van der Waals surface area contributed by atoms with Gasteiger partial charge in [0.15, 0.2) is 5.13 Å². The van der Waals surface area contributed by atoms with Gasteiger partial charge in [-0.05, 0) is 54.8 Å². The molecule has 7 heteroatoms. The number of ether oxygens (including phenoxy) is 2. The van der Waals surface area contributed by atoms with Crippen molar-refractivity contribution in [2.24, 2.45) is 0 Å². The second-order valence-corrected chi connectivity index (χ2v) is 8.45. The first kappa shape index (κ1) is 21.2. The van der Waals surface area contributed by atoms with E-state index in [0.717, 1.165) is 39.8 Å². The molecule has 0 bridgehead atoms. The van der Waals surface area contributed by atoms with Crippen LogP contribution in [-0.2, 0) is 11.5 Å². The number of methoxy groups -OCH3 is 2. The number of aromatic nitrogens is 1. The summed E-state index contributed by atoms with van der Waals surface area (Å²) in [4.78, 5) is 17.0. The zero-order valence-corrected chi connectivity index (χ0v) is 18.6. The van der Waals surface area contributed by atoms with Crippen molar-refractivity contribution in [3.8, 4) is 11.5 Å². The van der Waals surface area contributed by atoms with E-state index in [0.29, 0.717) is 10.7 Å². The van der Waals surface area contributed by atoms with Gasteiger partial charge in [-0.3, -0.25) is 10.1 Å². The number of rotatable bonds is 8. The van der Waals surface area contributed by atoms with Crippen LogP contribution in [0.2, 0.25) is 0 Å². The summed E-state index contributed by atoms with van der Waals surface area (Å²) in [6.45, 7) is 4.03. The third kappa shape index (κ3) is 5.74. The largest absolute Gasteiger partial charge is 0.497 e. The lowest BCUT2D eigenvalue weighted by Gasteiger charge is -2.08. The van der Waals surface area contributed by atoms with Gasteiger partial charge in [-0.1, -0.05) is 6.07 Å². The molecule has 3 aromatic rings. The fraction of sp³-hybridized carbons (Fsp3) is 0.273. The topological polar surface area (TPSA) is 60.5 Å². The number of hydrogen-bond acceptors (Lipinski definition) is 6. The van der Waals surface area contributed by atoms with Crippen LogP contribution in [0.4, 0.5) is 5.13 Å². The predicted molar refractivity (Wildman–Crippen MR) is 121 cm³/mol. The Morgan fingerprint density at radius 2 is 1.76 bits per heavy atom. The molecule has 5 nitrogen and oxygen atoms in total. The number of benzene rings is 2. The summed E-state index contributed by atoms with van der Waals surface area (Å²) < 4.78 is 10.6. The highest BCUT2D eigenvalue weighted by molar-refractivity contribution is 7.97. The van der Waals surface area contributed by atoms with E-state index in [1.54, 1.807) is 26.0 Å². The Hall–Kier alpha value is -2.51. The molecule has 0 fully saturated rings. The van der Waals surface area contributed by atoms with Gasteiger partial charge in [0.25, 0.3) is 5.91 Å². The van der Waals surface area contributed by atoms with E-state index in [9.17, 15) is 4.79 Å². The number of carbonyl (C=O) groups excluding carboxylic acids is 1. The predicted octanol–water partition coefficient (Wildman–Crippen LogP) is 5.46. The van der Waals surface area contributed by atoms with Crippen molar-refractivity contribution in [1.82, 2.24) is 4.98 Å². The number of anilines is 1. The molecule has 0 atom stereocenters. The molecular formula is C22H24N2O3S2. The van der Waals surface area contributed by atoms with Crippen LogP contribution in [-0.4, -0.2) is 25.1 Å². The molecule has 3 rings (SSSR count). The van der Waals surface area contributed by atoms with Gasteiger partial charge < -0.3 is 9.47 Å². The van der Waals surface area contributed by atoms with Crippen LogP contribution in [0.1, 0.15) is 32.7 Å². The number of hydrogen-bond donors (Lipinski definition) is 1. The van der Waals surface area contributed by atoms with E-state index >= 15 is 0 Å². The molecule has 1 N–H and O–H groups in total. The smallest absolute Gasteiger partial charge is 0.257 e. The molecule has 0 saturated heterocycles. The summed E-state index contributed by atoms with van der Waals surface area (Å²) in [5.74, 6) is 3.00. The Morgan fingerprint density at radius 3 is 2.41 bits per heavy atom. The first-order chi connectivity index (χ1) is 14.0. The molecule has 0 unspecified atom stereocenters. The molecule has 0 aliphatic carbocycles. The minimum atomic E-state index is -0.134. The highest BCUT2D eigenvalue weighted by Gasteiger charge is 2.10. The summed E-state index contributed by atoms with van der Waals surface area (Å²) in [6.07, 6.45) is 0. The number of amides is 1. The van der Waals surface area contributed by atoms with Crippen LogP contribution in [0.3, 0.4) is 0 Å². The fourth-order valence-electron chi connectivity index (χ4n) is 2.71. The summed E-state index contributed by atoms with van der Waals surface area (Å²) in [5.41, 5.74) is 4.99. The summed E-state index contributed by atoms with van der Waals surface area (Å²) >= 11 is 3.19. The molecule has 152 valence electrons. The van der Waals surface area contributed by atoms with E-state index in [1.807, 2.05) is 55.6 Å². The van der Waals surface area contributed by atoms with Crippen molar-refractivity contribution in [2.75, 3.05) is 19.5 Å². The second-order valence-electron chi connectivity index (χ2n) is 6.61. The molecule has 2 aromatic carbocycles. The lowest BCUT2D eigenvalue weighted by molar-refractivity contribution is 0.102. The average Bonchev–Trinajstić information content (AvgIpc) is 3.16. The third-order valence-corrected chi connectivity index (χ3v) is 6.32.